The highest BCUT2D eigenvalue weighted by Crippen LogP contribution is 2.25. The van der Waals surface area contributed by atoms with Crippen molar-refractivity contribution in [3.63, 3.8) is 0 Å². The number of aliphatic hydroxyl groups is 1. The summed E-state index contributed by atoms with van der Waals surface area (Å²) in [7, 11) is 0. The van der Waals surface area contributed by atoms with E-state index < -0.39 is 55.2 Å². The van der Waals surface area contributed by atoms with Crippen LogP contribution >= 0.6 is 0 Å². The molecule has 0 spiro atoms. The van der Waals surface area contributed by atoms with Crippen LogP contribution in [0.25, 0.3) is 0 Å². The molecule has 0 unspecified atom stereocenters. The number of carbonyl (C=O) groups excluding carboxylic acids is 3. The van der Waals surface area contributed by atoms with Gasteiger partial charge in [-0.3, -0.25) is 14.4 Å². The lowest BCUT2D eigenvalue weighted by molar-refractivity contribution is -0.247. The second-order valence-corrected chi connectivity index (χ2v) is 4.61. The van der Waals surface area contributed by atoms with Crippen LogP contribution in [0.15, 0.2) is 0 Å². The molecular weight excluding hydrogens is 289 g/mol. The Morgan fingerprint density at radius 1 is 1.24 bits per heavy atom. The van der Waals surface area contributed by atoms with Gasteiger partial charge in [-0.2, -0.15) is 0 Å². The van der Waals surface area contributed by atoms with Crippen LogP contribution in [0.1, 0.15) is 20.8 Å². The largest absolute Gasteiger partial charge is 0.463 e. The SMILES string of the molecule is CC(=O)N[C@@H]1[C@@H](OC(C)=O)[C@H](F)[C@@H](COC(C)=O)O[C@H]1O. The number of nitrogens with one attached hydrogen (secondary N) is 1. The van der Waals surface area contributed by atoms with E-state index in [-0.39, 0.29) is 0 Å². The van der Waals surface area contributed by atoms with E-state index in [1.807, 2.05) is 0 Å². The minimum absolute atomic E-state index is 0.446. The van der Waals surface area contributed by atoms with Crippen molar-refractivity contribution in [2.45, 2.75) is 51.5 Å². The van der Waals surface area contributed by atoms with Crippen molar-refractivity contribution >= 4 is 17.8 Å². The monoisotopic (exact) mass is 307 g/mol. The summed E-state index contributed by atoms with van der Waals surface area (Å²) < 4.78 is 28.8. The Labute approximate surface area is 120 Å². The van der Waals surface area contributed by atoms with Gasteiger partial charge in [-0.1, -0.05) is 0 Å². The van der Waals surface area contributed by atoms with E-state index in [0.717, 1.165) is 20.8 Å². The van der Waals surface area contributed by atoms with Crippen LogP contribution < -0.4 is 5.32 Å². The van der Waals surface area contributed by atoms with Crippen molar-refractivity contribution in [2.75, 3.05) is 6.61 Å². The van der Waals surface area contributed by atoms with Crippen LogP contribution in [0, 0.1) is 0 Å². The summed E-state index contributed by atoms with van der Waals surface area (Å²) in [5.74, 6) is -1.97. The molecule has 9 heteroatoms. The highest BCUT2D eigenvalue weighted by molar-refractivity contribution is 5.73. The molecule has 1 aliphatic heterocycles. The number of ether oxygens (including phenoxy) is 3. The van der Waals surface area contributed by atoms with Gasteiger partial charge in [0, 0.05) is 20.8 Å². The van der Waals surface area contributed by atoms with Gasteiger partial charge in [0.1, 0.15) is 18.8 Å². The van der Waals surface area contributed by atoms with Crippen molar-refractivity contribution in [2.24, 2.45) is 0 Å². The molecule has 0 radical (unpaired) electrons. The number of halogens is 1. The number of hydrogen-bond donors (Lipinski definition) is 2. The number of esters is 2. The standard InChI is InChI=1S/C12H18FNO7/c1-5(15)14-10-11(20-7(3)17)9(13)8(21-12(10)18)4-19-6(2)16/h8-12,18H,4H2,1-3H3,(H,14,15)/t8-,9-,10-,11+,12-/m1/s1. The van der Waals surface area contributed by atoms with Crippen molar-refractivity contribution in [3.05, 3.63) is 0 Å². The molecule has 1 saturated heterocycles. The molecule has 1 aliphatic rings. The summed E-state index contributed by atoms with van der Waals surface area (Å²) in [6.07, 6.45) is -6.24. The van der Waals surface area contributed by atoms with Crippen LogP contribution in [0.5, 0.6) is 0 Å². The molecule has 1 heterocycles. The fourth-order valence-corrected chi connectivity index (χ4v) is 1.96. The number of carbonyl (C=O) groups is 3. The molecule has 2 N–H and O–H groups in total. The van der Waals surface area contributed by atoms with E-state index in [9.17, 15) is 23.9 Å². The molecule has 0 aromatic rings. The second kappa shape index (κ2) is 7.32. The summed E-state index contributed by atoms with van der Waals surface area (Å²) in [5, 5.41) is 12.1. The zero-order valence-corrected chi connectivity index (χ0v) is 11.9. The summed E-state index contributed by atoms with van der Waals surface area (Å²) in [4.78, 5) is 32.9. The van der Waals surface area contributed by atoms with Crippen LogP contribution in [0.4, 0.5) is 4.39 Å². The lowest BCUT2D eigenvalue weighted by atomic mass is 9.98. The lowest BCUT2D eigenvalue weighted by Gasteiger charge is -2.40. The molecule has 0 aliphatic carbocycles. The lowest BCUT2D eigenvalue weighted by Crippen LogP contribution is -2.64. The Kier molecular flexibility index (Phi) is 6.03. The van der Waals surface area contributed by atoms with Crippen molar-refractivity contribution < 1.29 is 38.1 Å². The second-order valence-electron chi connectivity index (χ2n) is 4.61. The summed E-state index contributed by atoms with van der Waals surface area (Å²) in [6.45, 7) is 2.92. The van der Waals surface area contributed by atoms with Gasteiger partial charge in [-0.05, 0) is 0 Å². The highest BCUT2D eigenvalue weighted by atomic mass is 19.1. The van der Waals surface area contributed by atoms with Crippen LogP contribution in [0.2, 0.25) is 0 Å². The zero-order chi connectivity index (χ0) is 16.2. The molecule has 0 aromatic carbocycles. The van der Waals surface area contributed by atoms with Gasteiger partial charge in [0.05, 0.1) is 0 Å². The van der Waals surface area contributed by atoms with Gasteiger partial charge < -0.3 is 24.6 Å². The summed E-state index contributed by atoms with van der Waals surface area (Å²) in [6, 6.07) is -1.25. The quantitative estimate of drug-likeness (QED) is 0.643. The number of alkyl halides is 1. The van der Waals surface area contributed by atoms with E-state index >= 15 is 0 Å². The van der Waals surface area contributed by atoms with Gasteiger partial charge in [-0.25, -0.2) is 4.39 Å². The first kappa shape index (κ1) is 17.3. The van der Waals surface area contributed by atoms with Gasteiger partial charge in [0.25, 0.3) is 0 Å². The highest BCUT2D eigenvalue weighted by Gasteiger charge is 2.48. The van der Waals surface area contributed by atoms with Crippen molar-refractivity contribution in [1.29, 1.82) is 0 Å². The molecule has 21 heavy (non-hydrogen) atoms. The Morgan fingerprint density at radius 2 is 1.86 bits per heavy atom. The van der Waals surface area contributed by atoms with E-state index in [1.54, 1.807) is 0 Å². The summed E-state index contributed by atoms with van der Waals surface area (Å²) in [5.41, 5.74) is 0. The van der Waals surface area contributed by atoms with E-state index in [0.29, 0.717) is 0 Å². The Hall–Kier alpha value is -1.74. The molecular formula is C12H18FNO7. The molecule has 1 rings (SSSR count). The van der Waals surface area contributed by atoms with Crippen LogP contribution in [0.3, 0.4) is 0 Å². The van der Waals surface area contributed by atoms with Gasteiger partial charge >= 0.3 is 11.9 Å². The zero-order valence-electron chi connectivity index (χ0n) is 11.9. The topological polar surface area (TPSA) is 111 Å². The molecule has 1 amide bonds. The minimum atomic E-state index is -1.88. The van der Waals surface area contributed by atoms with Crippen LogP contribution in [-0.4, -0.2) is 60.3 Å². The first-order valence-corrected chi connectivity index (χ1v) is 6.27. The molecule has 1 fully saturated rings. The number of hydrogen-bond acceptors (Lipinski definition) is 7. The molecule has 0 saturated carbocycles. The number of aliphatic hydroxyl groups excluding tert-OH is 1. The molecule has 8 nitrogen and oxygen atoms in total. The van der Waals surface area contributed by atoms with Gasteiger partial charge in [0.15, 0.2) is 18.6 Å². The maximum atomic E-state index is 14.3. The minimum Gasteiger partial charge on any atom is -0.463 e. The molecule has 0 aromatic heterocycles. The van der Waals surface area contributed by atoms with Gasteiger partial charge in [0.2, 0.25) is 5.91 Å². The maximum absolute atomic E-state index is 14.3. The number of rotatable bonds is 4. The smallest absolute Gasteiger partial charge is 0.303 e. The third kappa shape index (κ3) is 4.94. The van der Waals surface area contributed by atoms with Crippen LogP contribution in [-0.2, 0) is 28.6 Å². The average molecular weight is 307 g/mol. The molecule has 120 valence electrons. The summed E-state index contributed by atoms with van der Waals surface area (Å²) >= 11 is 0. The average Bonchev–Trinajstić information content (AvgIpc) is 2.35. The van der Waals surface area contributed by atoms with Gasteiger partial charge in [-0.15, -0.1) is 0 Å². The molecule has 0 bridgehead atoms. The fourth-order valence-electron chi connectivity index (χ4n) is 1.96. The third-order valence-corrected chi connectivity index (χ3v) is 2.77. The first-order chi connectivity index (χ1) is 9.72. The Balaban J connectivity index is 2.87. The Bertz CT molecular complexity index is 416. The normalized spacial score (nSPS) is 32.1. The first-order valence-electron chi connectivity index (χ1n) is 6.27. The van der Waals surface area contributed by atoms with E-state index in [2.05, 4.69) is 10.1 Å². The Morgan fingerprint density at radius 3 is 2.33 bits per heavy atom. The predicted molar refractivity (Wildman–Crippen MR) is 65.6 cm³/mol. The fraction of sp³-hybridized carbons (Fsp3) is 0.750. The third-order valence-electron chi connectivity index (χ3n) is 2.77. The van der Waals surface area contributed by atoms with Crippen molar-refractivity contribution in [3.8, 4) is 0 Å². The predicted octanol–water partition coefficient (Wildman–Crippen LogP) is -0.959. The van der Waals surface area contributed by atoms with E-state index in [4.69, 9.17) is 9.47 Å². The maximum Gasteiger partial charge on any atom is 0.303 e. The number of amides is 1. The van der Waals surface area contributed by atoms with E-state index in [1.165, 1.54) is 0 Å². The molecule has 5 atom stereocenters. The van der Waals surface area contributed by atoms with Crippen molar-refractivity contribution in [1.82, 2.24) is 5.32 Å².